The van der Waals surface area contributed by atoms with E-state index in [4.69, 9.17) is 15.0 Å². The van der Waals surface area contributed by atoms with Gasteiger partial charge in [-0.25, -0.2) is 15.0 Å². The normalized spacial score (nSPS) is 11.9. The quantitative estimate of drug-likeness (QED) is 0.180. The monoisotopic (exact) mass is 566 g/mol. The lowest BCUT2D eigenvalue weighted by Crippen LogP contribution is -2.03. The van der Waals surface area contributed by atoms with Gasteiger partial charge in [0.15, 0.2) is 17.5 Å². The Morgan fingerprint density at radius 3 is 1.89 bits per heavy atom. The predicted molar refractivity (Wildman–Crippen MR) is 183 cm³/mol. The highest BCUT2D eigenvalue weighted by atomic mass is 15.1. The van der Waals surface area contributed by atoms with E-state index in [1.165, 1.54) is 21.9 Å². The molecule has 0 bridgehead atoms. The summed E-state index contributed by atoms with van der Waals surface area (Å²) in [6, 6.07) is 43.7. The summed E-state index contributed by atoms with van der Waals surface area (Å²) < 4.78 is 2.34. The number of allylic oxidation sites excluding steroid dienone is 5. The minimum Gasteiger partial charge on any atom is -0.308 e. The van der Waals surface area contributed by atoms with Crippen molar-refractivity contribution < 1.29 is 0 Å². The number of nitrogens with zero attached hydrogens (tertiary/aromatic N) is 4. The first-order valence-electron chi connectivity index (χ1n) is 14.7. The summed E-state index contributed by atoms with van der Waals surface area (Å²) in [5, 5.41) is 2.41. The van der Waals surface area contributed by atoms with E-state index in [-0.39, 0.29) is 0 Å². The van der Waals surface area contributed by atoms with Gasteiger partial charge < -0.3 is 4.57 Å². The maximum Gasteiger partial charge on any atom is 0.166 e. The third kappa shape index (κ3) is 4.93. The average molecular weight is 567 g/mol. The Balaban J connectivity index is 1.50. The molecule has 0 aliphatic carbocycles. The number of benzene rings is 5. The lowest BCUT2D eigenvalue weighted by molar-refractivity contribution is 1.06. The van der Waals surface area contributed by atoms with Crippen LogP contribution in [0.1, 0.15) is 12.5 Å². The SMILES string of the molecule is C=C/C=C\C=C(/C)c1cccc2c1c1ccccc1n2-c1ccccc1-c1nc(-c2ccccc2)nc(-c2ccccc2)n1. The summed E-state index contributed by atoms with van der Waals surface area (Å²) in [4.78, 5) is 15.0. The summed E-state index contributed by atoms with van der Waals surface area (Å²) in [7, 11) is 0. The first-order chi connectivity index (χ1) is 21.7. The van der Waals surface area contributed by atoms with E-state index in [0.29, 0.717) is 17.5 Å². The Morgan fingerprint density at radius 2 is 1.18 bits per heavy atom. The molecule has 0 N–H and O–H groups in total. The molecule has 5 aromatic carbocycles. The van der Waals surface area contributed by atoms with Crippen molar-refractivity contribution in [2.75, 3.05) is 0 Å². The second kappa shape index (κ2) is 11.8. The van der Waals surface area contributed by atoms with Gasteiger partial charge in [-0.3, -0.25) is 0 Å². The van der Waals surface area contributed by atoms with Crippen molar-refractivity contribution in [3.05, 3.63) is 164 Å². The molecule has 0 atom stereocenters. The molecular weight excluding hydrogens is 536 g/mol. The molecule has 0 spiro atoms. The lowest BCUT2D eigenvalue weighted by atomic mass is 10.00. The van der Waals surface area contributed by atoms with Crippen LogP contribution < -0.4 is 0 Å². The number of hydrogen-bond donors (Lipinski definition) is 0. The van der Waals surface area contributed by atoms with Crippen molar-refractivity contribution in [1.29, 1.82) is 0 Å². The topological polar surface area (TPSA) is 43.6 Å². The first-order valence-corrected chi connectivity index (χ1v) is 14.7. The van der Waals surface area contributed by atoms with Gasteiger partial charge >= 0.3 is 0 Å². The molecule has 0 saturated heterocycles. The van der Waals surface area contributed by atoms with Crippen LogP contribution in [0.25, 0.3) is 67.2 Å². The number of aromatic nitrogens is 4. The smallest absolute Gasteiger partial charge is 0.166 e. The standard InChI is InChI=1S/C40H30N4/c1-3-4-7-17-28(2)31-24-16-27-36-37(31)32-22-12-14-25-34(32)44(36)35-26-15-13-23-33(35)40-42-38(29-18-8-5-9-19-29)41-39(43-40)30-20-10-6-11-21-30/h3-27H,1H2,2H3/b7-4-,28-17+. The molecule has 0 aliphatic rings. The Kier molecular flexibility index (Phi) is 7.23. The molecule has 0 amide bonds. The van der Waals surface area contributed by atoms with Gasteiger partial charge in [0, 0.05) is 27.5 Å². The van der Waals surface area contributed by atoms with E-state index in [1.54, 1.807) is 6.08 Å². The van der Waals surface area contributed by atoms with Crippen LogP contribution in [-0.2, 0) is 0 Å². The van der Waals surface area contributed by atoms with Gasteiger partial charge in [-0.15, -0.1) is 0 Å². The van der Waals surface area contributed by atoms with Crippen LogP contribution in [0, 0.1) is 0 Å². The second-order valence-corrected chi connectivity index (χ2v) is 10.6. The van der Waals surface area contributed by atoms with Crippen LogP contribution in [-0.4, -0.2) is 19.5 Å². The number of hydrogen-bond acceptors (Lipinski definition) is 3. The van der Waals surface area contributed by atoms with Gasteiger partial charge in [0.05, 0.1) is 16.7 Å². The van der Waals surface area contributed by atoms with Crippen LogP contribution in [0.2, 0.25) is 0 Å². The van der Waals surface area contributed by atoms with E-state index >= 15 is 0 Å². The predicted octanol–water partition coefficient (Wildman–Crippen LogP) is 10.1. The van der Waals surface area contributed by atoms with Gasteiger partial charge in [-0.2, -0.15) is 0 Å². The highest BCUT2D eigenvalue weighted by Gasteiger charge is 2.20. The molecule has 2 heterocycles. The third-order valence-electron chi connectivity index (χ3n) is 7.80. The molecule has 44 heavy (non-hydrogen) atoms. The van der Waals surface area contributed by atoms with E-state index in [2.05, 4.69) is 84.8 Å². The second-order valence-electron chi connectivity index (χ2n) is 10.6. The molecule has 0 saturated carbocycles. The summed E-state index contributed by atoms with van der Waals surface area (Å²) in [5.41, 5.74) is 8.45. The van der Waals surface area contributed by atoms with Crippen molar-refractivity contribution in [3.8, 4) is 39.9 Å². The van der Waals surface area contributed by atoms with Crippen molar-refractivity contribution in [2.45, 2.75) is 6.92 Å². The maximum atomic E-state index is 5.06. The Hall–Kier alpha value is -5.87. The summed E-state index contributed by atoms with van der Waals surface area (Å²) in [6.07, 6.45) is 7.91. The molecule has 0 radical (unpaired) electrons. The largest absolute Gasteiger partial charge is 0.308 e. The fraction of sp³-hybridized carbons (Fsp3) is 0.0250. The first kappa shape index (κ1) is 27.0. The van der Waals surface area contributed by atoms with E-state index in [9.17, 15) is 0 Å². The molecule has 210 valence electrons. The average Bonchev–Trinajstić information content (AvgIpc) is 3.43. The molecular formula is C40H30N4. The van der Waals surface area contributed by atoms with Crippen LogP contribution >= 0.6 is 0 Å². The fourth-order valence-corrected chi connectivity index (χ4v) is 5.76. The van der Waals surface area contributed by atoms with Crippen LogP contribution in [0.15, 0.2) is 158 Å². The zero-order valence-electron chi connectivity index (χ0n) is 24.4. The molecule has 4 heteroatoms. The minimum absolute atomic E-state index is 0.626. The molecule has 2 aromatic heterocycles. The summed E-state index contributed by atoms with van der Waals surface area (Å²) in [6.45, 7) is 5.96. The Labute approximate surface area is 257 Å². The van der Waals surface area contributed by atoms with Crippen molar-refractivity contribution in [1.82, 2.24) is 19.5 Å². The summed E-state index contributed by atoms with van der Waals surface area (Å²) in [5.74, 6) is 1.91. The number of para-hydroxylation sites is 2. The highest BCUT2D eigenvalue weighted by Crippen LogP contribution is 2.39. The zero-order chi connectivity index (χ0) is 29.9. The van der Waals surface area contributed by atoms with Crippen molar-refractivity contribution >= 4 is 27.4 Å². The van der Waals surface area contributed by atoms with Gasteiger partial charge in [0.2, 0.25) is 0 Å². The van der Waals surface area contributed by atoms with E-state index in [0.717, 1.165) is 33.4 Å². The van der Waals surface area contributed by atoms with Gasteiger partial charge in [0.1, 0.15) is 0 Å². The molecule has 0 aliphatic heterocycles. The molecule has 4 nitrogen and oxygen atoms in total. The zero-order valence-corrected chi connectivity index (χ0v) is 24.4. The van der Waals surface area contributed by atoms with Crippen molar-refractivity contribution in [3.63, 3.8) is 0 Å². The van der Waals surface area contributed by atoms with Gasteiger partial charge in [0.25, 0.3) is 0 Å². The Bertz CT molecular complexity index is 2130. The molecule has 0 unspecified atom stereocenters. The van der Waals surface area contributed by atoms with Gasteiger partial charge in [-0.1, -0.05) is 134 Å². The molecule has 7 aromatic rings. The summed E-state index contributed by atoms with van der Waals surface area (Å²) >= 11 is 0. The third-order valence-corrected chi connectivity index (χ3v) is 7.80. The van der Waals surface area contributed by atoms with Crippen molar-refractivity contribution in [2.24, 2.45) is 0 Å². The van der Waals surface area contributed by atoms with Crippen LogP contribution in [0.4, 0.5) is 0 Å². The van der Waals surface area contributed by atoms with E-state index < -0.39 is 0 Å². The molecule has 7 rings (SSSR count). The van der Waals surface area contributed by atoms with Gasteiger partial charge in [-0.05, 0) is 42.3 Å². The van der Waals surface area contributed by atoms with Crippen LogP contribution in [0.5, 0.6) is 0 Å². The van der Waals surface area contributed by atoms with E-state index in [1.807, 2.05) is 78.9 Å². The highest BCUT2D eigenvalue weighted by molar-refractivity contribution is 6.14. The molecule has 0 fully saturated rings. The number of fused-ring (bicyclic) bond motifs is 3. The number of rotatable bonds is 7. The Morgan fingerprint density at radius 1 is 0.591 bits per heavy atom. The maximum absolute atomic E-state index is 5.06. The lowest BCUT2D eigenvalue weighted by Gasteiger charge is -2.14. The fourth-order valence-electron chi connectivity index (χ4n) is 5.76. The van der Waals surface area contributed by atoms with Crippen LogP contribution in [0.3, 0.4) is 0 Å². The minimum atomic E-state index is 0.626.